The van der Waals surface area contributed by atoms with Crippen molar-refractivity contribution in [1.29, 1.82) is 0 Å². The molecule has 1 atom stereocenters. The minimum atomic E-state index is 0.399. The summed E-state index contributed by atoms with van der Waals surface area (Å²) < 4.78 is 16.0. The summed E-state index contributed by atoms with van der Waals surface area (Å²) in [4.78, 5) is 6.77. The summed E-state index contributed by atoms with van der Waals surface area (Å²) in [5, 5.41) is 6.15. The number of hydrogen-bond donors (Lipinski definition) is 0. The number of methoxy groups -OCH3 is 3. The predicted octanol–water partition coefficient (Wildman–Crippen LogP) is 6.21. The molecule has 0 bridgehead atoms. The van der Waals surface area contributed by atoms with Gasteiger partial charge in [0.15, 0.2) is 11.5 Å². The molecule has 1 unspecified atom stereocenters. The van der Waals surface area contributed by atoms with Crippen LogP contribution in [0.4, 0.5) is 0 Å². The highest BCUT2D eigenvalue weighted by Crippen LogP contribution is 2.37. The first kappa shape index (κ1) is 23.5. The van der Waals surface area contributed by atoms with Gasteiger partial charge in [0, 0.05) is 10.4 Å². The molecule has 5 nitrogen and oxygen atoms in total. The number of oxime groups is 1. The van der Waals surface area contributed by atoms with Gasteiger partial charge in [-0.1, -0.05) is 35.9 Å². The first-order valence-corrected chi connectivity index (χ1v) is 10.8. The van der Waals surface area contributed by atoms with E-state index in [9.17, 15) is 0 Å². The molecule has 0 aliphatic heterocycles. The first-order chi connectivity index (χ1) is 14.6. The maximum Gasteiger partial charge on any atom is 0.203 e. The SMILES string of the molecule is COc1cc(/C=N\OC/C=C/C=C(\C)CCC(C)c2cccs2)cc(OC)c1OC. The van der Waals surface area contributed by atoms with E-state index in [1.54, 1.807) is 27.5 Å². The summed E-state index contributed by atoms with van der Waals surface area (Å²) in [6, 6.07) is 7.96. The Hall–Kier alpha value is -2.73. The van der Waals surface area contributed by atoms with E-state index in [4.69, 9.17) is 19.0 Å². The Kier molecular flexibility index (Phi) is 10.0. The fourth-order valence-corrected chi connectivity index (χ4v) is 3.71. The van der Waals surface area contributed by atoms with Gasteiger partial charge in [-0.3, -0.25) is 0 Å². The number of rotatable bonds is 12. The molecule has 0 aliphatic rings. The van der Waals surface area contributed by atoms with Gasteiger partial charge >= 0.3 is 0 Å². The predicted molar refractivity (Wildman–Crippen MR) is 125 cm³/mol. The van der Waals surface area contributed by atoms with Crippen molar-refractivity contribution >= 4 is 17.6 Å². The Morgan fingerprint density at radius 1 is 1.13 bits per heavy atom. The lowest BCUT2D eigenvalue weighted by Crippen LogP contribution is -1.97. The molecule has 1 heterocycles. The summed E-state index contributed by atoms with van der Waals surface area (Å²) >= 11 is 1.83. The van der Waals surface area contributed by atoms with Gasteiger partial charge in [-0.15, -0.1) is 11.3 Å². The van der Waals surface area contributed by atoms with Crippen molar-refractivity contribution in [2.45, 2.75) is 32.6 Å². The van der Waals surface area contributed by atoms with E-state index in [0.717, 1.165) is 18.4 Å². The fourth-order valence-electron chi connectivity index (χ4n) is 2.89. The molecule has 1 aromatic carbocycles. The zero-order valence-electron chi connectivity index (χ0n) is 18.4. The lowest BCUT2D eigenvalue weighted by Gasteiger charge is -2.12. The molecule has 2 aromatic rings. The minimum Gasteiger partial charge on any atom is -0.493 e. The molecule has 0 amide bonds. The quantitative estimate of drug-likeness (QED) is 0.174. The lowest BCUT2D eigenvalue weighted by atomic mass is 10.0. The molecule has 0 radical (unpaired) electrons. The summed E-state index contributed by atoms with van der Waals surface area (Å²) in [5.41, 5.74) is 2.15. The zero-order valence-corrected chi connectivity index (χ0v) is 19.2. The Labute approximate surface area is 183 Å². The Balaban J connectivity index is 1.78. The second-order valence-electron chi connectivity index (χ2n) is 6.89. The molecule has 0 fully saturated rings. The third-order valence-electron chi connectivity index (χ3n) is 4.65. The highest BCUT2D eigenvalue weighted by atomic mass is 32.1. The monoisotopic (exact) mass is 429 g/mol. The topological polar surface area (TPSA) is 49.3 Å². The van der Waals surface area contributed by atoms with Gasteiger partial charge in [0.2, 0.25) is 5.75 Å². The standard InChI is InChI=1S/C24H31NO4S/c1-18(11-12-19(2)23-10-8-14-30-23)9-6-7-13-29-25-17-20-15-21(26-3)24(28-5)22(16-20)27-4/h6-10,14-17,19H,11-13H2,1-5H3/b7-6+,18-9+,25-17-. The van der Waals surface area contributed by atoms with Gasteiger partial charge in [-0.25, -0.2) is 0 Å². The number of benzene rings is 1. The van der Waals surface area contributed by atoms with Crippen LogP contribution in [0.15, 0.2) is 58.6 Å². The van der Waals surface area contributed by atoms with Crippen LogP contribution in [-0.4, -0.2) is 34.2 Å². The number of ether oxygens (including phenoxy) is 3. The molecule has 0 saturated heterocycles. The number of nitrogens with zero attached hydrogens (tertiary/aromatic N) is 1. The molecular weight excluding hydrogens is 398 g/mol. The van der Waals surface area contributed by atoms with Gasteiger partial charge in [-0.2, -0.15) is 0 Å². The Morgan fingerprint density at radius 3 is 2.47 bits per heavy atom. The van der Waals surface area contributed by atoms with E-state index in [0.29, 0.717) is 29.8 Å². The van der Waals surface area contributed by atoms with Crippen molar-refractivity contribution in [3.8, 4) is 17.2 Å². The molecule has 1 aromatic heterocycles. The van der Waals surface area contributed by atoms with Crippen LogP contribution in [0.2, 0.25) is 0 Å². The second-order valence-corrected chi connectivity index (χ2v) is 7.86. The van der Waals surface area contributed by atoms with Crippen LogP contribution in [0, 0.1) is 0 Å². The van der Waals surface area contributed by atoms with Crippen molar-refractivity contribution < 1.29 is 19.0 Å². The van der Waals surface area contributed by atoms with Crippen molar-refractivity contribution in [3.05, 3.63) is 63.9 Å². The molecule has 6 heteroatoms. The second kappa shape index (κ2) is 12.8. The number of allylic oxidation sites excluding steroid dienone is 3. The maximum absolute atomic E-state index is 5.33. The first-order valence-electron chi connectivity index (χ1n) is 9.90. The summed E-state index contributed by atoms with van der Waals surface area (Å²) in [6.45, 7) is 4.85. The number of hydrogen-bond acceptors (Lipinski definition) is 6. The third kappa shape index (κ3) is 7.26. The molecule has 30 heavy (non-hydrogen) atoms. The average Bonchev–Trinajstić information content (AvgIpc) is 3.31. The Bertz CT molecular complexity index is 831. The van der Waals surface area contributed by atoms with Crippen LogP contribution in [-0.2, 0) is 4.84 Å². The molecule has 0 saturated carbocycles. The molecule has 162 valence electrons. The van der Waals surface area contributed by atoms with Gasteiger partial charge in [-0.05, 0) is 55.3 Å². The molecule has 2 rings (SSSR count). The summed E-state index contributed by atoms with van der Waals surface area (Å²) in [6.07, 6.45) is 9.95. The van der Waals surface area contributed by atoms with Crippen LogP contribution < -0.4 is 14.2 Å². The molecule has 0 spiro atoms. The zero-order chi connectivity index (χ0) is 21.8. The maximum atomic E-state index is 5.33. The summed E-state index contributed by atoms with van der Waals surface area (Å²) in [5.74, 6) is 2.30. The van der Waals surface area contributed by atoms with Crippen LogP contribution in [0.3, 0.4) is 0 Å². The van der Waals surface area contributed by atoms with E-state index in [2.05, 4.69) is 42.6 Å². The van der Waals surface area contributed by atoms with Crippen LogP contribution in [0.1, 0.15) is 43.0 Å². The van der Waals surface area contributed by atoms with E-state index in [-0.39, 0.29) is 0 Å². The van der Waals surface area contributed by atoms with E-state index in [1.807, 2.05) is 35.6 Å². The average molecular weight is 430 g/mol. The third-order valence-corrected chi connectivity index (χ3v) is 5.76. The fraction of sp³-hybridized carbons (Fsp3) is 0.375. The Morgan fingerprint density at radius 2 is 1.87 bits per heavy atom. The van der Waals surface area contributed by atoms with Gasteiger partial charge < -0.3 is 19.0 Å². The van der Waals surface area contributed by atoms with Crippen LogP contribution >= 0.6 is 11.3 Å². The van der Waals surface area contributed by atoms with Crippen LogP contribution in [0.25, 0.3) is 0 Å². The van der Waals surface area contributed by atoms with E-state index < -0.39 is 0 Å². The molecular formula is C24H31NO4S. The van der Waals surface area contributed by atoms with Gasteiger partial charge in [0.25, 0.3) is 0 Å². The van der Waals surface area contributed by atoms with Crippen molar-refractivity contribution in [3.63, 3.8) is 0 Å². The van der Waals surface area contributed by atoms with Gasteiger partial charge in [0.05, 0.1) is 27.5 Å². The highest BCUT2D eigenvalue weighted by molar-refractivity contribution is 7.10. The van der Waals surface area contributed by atoms with E-state index >= 15 is 0 Å². The summed E-state index contributed by atoms with van der Waals surface area (Å²) in [7, 11) is 4.74. The van der Waals surface area contributed by atoms with Crippen LogP contribution in [0.5, 0.6) is 17.2 Å². The minimum absolute atomic E-state index is 0.399. The highest BCUT2D eigenvalue weighted by Gasteiger charge is 2.12. The molecule has 0 N–H and O–H groups in total. The largest absolute Gasteiger partial charge is 0.493 e. The number of thiophene rings is 1. The normalized spacial score (nSPS) is 13.0. The van der Waals surface area contributed by atoms with Gasteiger partial charge in [0.1, 0.15) is 6.61 Å². The smallest absolute Gasteiger partial charge is 0.203 e. The molecule has 0 aliphatic carbocycles. The van der Waals surface area contributed by atoms with Crippen molar-refractivity contribution in [2.24, 2.45) is 5.16 Å². The van der Waals surface area contributed by atoms with Crippen molar-refractivity contribution in [2.75, 3.05) is 27.9 Å². The van der Waals surface area contributed by atoms with Crippen molar-refractivity contribution in [1.82, 2.24) is 0 Å². The van der Waals surface area contributed by atoms with E-state index in [1.165, 1.54) is 10.5 Å². The lowest BCUT2D eigenvalue weighted by molar-refractivity contribution is 0.176.